The lowest BCUT2D eigenvalue weighted by Crippen LogP contribution is -2.35. The Morgan fingerprint density at radius 3 is 2.78 bits per heavy atom. The van der Waals surface area contributed by atoms with Crippen LogP contribution in [0.25, 0.3) is 10.9 Å². The van der Waals surface area contributed by atoms with Crippen LogP contribution in [0.2, 0.25) is 0 Å². The van der Waals surface area contributed by atoms with Gasteiger partial charge < -0.3 is 4.90 Å². The monoisotopic (exact) mass is 243 g/mol. The number of aromatic nitrogens is 2. The second-order valence-electron chi connectivity index (χ2n) is 4.89. The second kappa shape index (κ2) is 4.44. The van der Waals surface area contributed by atoms with Gasteiger partial charge in [-0.1, -0.05) is 6.07 Å². The number of carbonyl (C=O) groups excluding carboxylic acids is 1. The van der Waals surface area contributed by atoms with E-state index in [0.717, 1.165) is 42.4 Å². The summed E-state index contributed by atoms with van der Waals surface area (Å²) in [6, 6.07) is 5.82. The molecule has 0 atom stereocenters. The molecule has 1 aliphatic heterocycles. The molecule has 3 rings (SSSR count). The molecule has 0 N–H and O–H groups in total. The Hall–Kier alpha value is -1.84. The summed E-state index contributed by atoms with van der Waals surface area (Å²) in [4.78, 5) is 14.3. The number of nitrogens with zero attached hydrogens (tertiary/aromatic N) is 3. The van der Waals surface area contributed by atoms with E-state index in [4.69, 9.17) is 0 Å². The van der Waals surface area contributed by atoms with Gasteiger partial charge in [0.05, 0.1) is 11.7 Å². The smallest absolute Gasteiger partial charge is 0.253 e. The highest BCUT2D eigenvalue weighted by atomic mass is 16.2. The van der Waals surface area contributed by atoms with Crippen molar-refractivity contribution in [2.24, 2.45) is 7.05 Å². The molecule has 4 heteroatoms. The van der Waals surface area contributed by atoms with Crippen LogP contribution in [0.5, 0.6) is 0 Å². The number of hydrogen-bond acceptors (Lipinski definition) is 2. The number of likely N-dealkylation sites (tertiary alicyclic amines) is 1. The number of benzene rings is 1. The standard InChI is InChI=1S/C14H17N3O/c1-16-13-9-11(5-6-12(13)10-15-16)14(18)17-7-3-2-4-8-17/h5-6,9-10H,2-4,7-8H2,1H3. The van der Waals surface area contributed by atoms with Gasteiger partial charge >= 0.3 is 0 Å². The number of hydrogen-bond donors (Lipinski definition) is 0. The number of fused-ring (bicyclic) bond motifs is 1. The zero-order valence-electron chi connectivity index (χ0n) is 10.6. The molecule has 2 aromatic rings. The first-order valence-electron chi connectivity index (χ1n) is 6.47. The first-order valence-corrected chi connectivity index (χ1v) is 6.47. The predicted octanol–water partition coefficient (Wildman–Crippen LogP) is 2.20. The number of rotatable bonds is 1. The summed E-state index contributed by atoms with van der Waals surface area (Å²) in [7, 11) is 1.90. The van der Waals surface area contributed by atoms with Crippen molar-refractivity contribution < 1.29 is 4.79 Å². The van der Waals surface area contributed by atoms with Crippen LogP contribution < -0.4 is 0 Å². The lowest BCUT2D eigenvalue weighted by molar-refractivity contribution is 0.0724. The number of carbonyl (C=O) groups is 1. The van der Waals surface area contributed by atoms with Crippen LogP contribution in [0.1, 0.15) is 29.6 Å². The highest BCUT2D eigenvalue weighted by Crippen LogP contribution is 2.18. The molecule has 0 unspecified atom stereocenters. The number of piperidine rings is 1. The molecule has 0 bridgehead atoms. The summed E-state index contributed by atoms with van der Waals surface area (Å²) in [6.45, 7) is 1.78. The van der Waals surface area contributed by atoms with Crippen LogP contribution >= 0.6 is 0 Å². The molecule has 0 spiro atoms. The SMILES string of the molecule is Cn1ncc2ccc(C(=O)N3CCCCC3)cc21. The Bertz CT molecular complexity index is 582. The summed E-state index contributed by atoms with van der Waals surface area (Å²) < 4.78 is 1.81. The van der Waals surface area contributed by atoms with E-state index < -0.39 is 0 Å². The average molecular weight is 243 g/mol. The second-order valence-corrected chi connectivity index (χ2v) is 4.89. The topological polar surface area (TPSA) is 38.1 Å². The Morgan fingerprint density at radius 2 is 2.00 bits per heavy atom. The first-order chi connectivity index (χ1) is 8.75. The third-order valence-corrected chi connectivity index (χ3v) is 3.64. The van der Waals surface area contributed by atoms with Crippen molar-refractivity contribution in [3.05, 3.63) is 30.0 Å². The molecule has 1 saturated heterocycles. The minimum absolute atomic E-state index is 0.151. The molecule has 1 fully saturated rings. The Kier molecular flexibility index (Phi) is 2.78. The summed E-state index contributed by atoms with van der Waals surface area (Å²) in [5, 5.41) is 5.28. The van der Waals surface area contributed by atoms with Gasteiger partial charge in [-0.2, -0.15) is 5.10 Å². The number of aryl methyl sites for hydroxylation is 1. The zero-order chi connectivity index (χ0) is 12.5. The number of amides is 1. The molecule has 0 aliphatic carbocycles. The maximum Gasteiger partial charge on any atom is 0.253 e. The van der Waals surface area contributed by atoms with Crippen molar-refractivity contribution in [2.45, 2.75) is 19.3 Å². The van der Waals surface area contributed by atoms with Crippen LogP contribution in [0, 0.1) is 0 Å². The third kappa shape index (κ3) is 1.88. The van der Waals surface area contributed by atoms with Gasteiger partial charge in [0.1, 0.15) is 0 Å². The van der Waals surface area contributed by atoms with E-state index in [9.17, 15) is 4.79 Å². The van der Waals surface area contributed by atoms with E-state index >= 15 is 0 Å². The molecule has 1 aromatic carbocycles. The molecule has 94 valence electrons. The fourth-order valence-electron chi connectivity index (χ4n) is 2.56. The maximum atomic E-state index is 12.4. The zero-order valence-corrected chi connectivity index (χ0v) is 10.6. The minimum atomic E-state index is 0.151. The molecule has 18 heavy (non-hydrogen) atoms. The molecular formula is C14H17N3O. The highest BCUT2D eigenvalue weighted by molar-refractivity contribution is 5.97. The third-order valence-electron chi connectivity index (χ3n) is 3.64. The van der Waals surface area contributed by atoms with Gasteiger partial charge in [0.15, 0.2) is 0 Å². The summed E-state index contributed by atoms with van der Waals surface area (Å²) >= 11 is 0. The van der Waals surface area contributed by atoms with E-state index in [0.29, 0.717) is 0 Å². The fraction of sp³-hybridized carbons (Fsp3) is 0.429. The van der Waals surface area contributed by atoms with Gasteiger partial charge in [0, 0.05) is 31.1 Å². The van der Waals surface area contributed by atoms with Crippen molar-refractivity contribution in [1.82, 2.24) is 14.7 Å². The van der Waals surface area contributed by atoms with Crippen LogP contribution in [0.3, 0.4) is 0 Å². The van der Waals surface area contributed by atoms with E-state index in [2.05, 4.69) is 5.10 Å². The van der Waals surface area contributed by atoms with Crippen molar-refractivity contribution >= 4 is 16.8 Å². The average Bonchev–Trinajstić information content (AvgIpc) is 2.80. The molecule has 0 saturated carbocycles. The van der Waals surface area contributed by atoms with Crippen molar-refractivity contribution in [3.8, 4) is 0 Å². The molecule has 2 heterocycles. The van der Waals surface area contributed by atoms with Gasteiger partial charge in [-0.25, -0.2) is 0 Å². The molecular weight excluding hydrogens is 226 g/mol. The molecule has 1 aromatic heterocycles. The van der Waals surface area contributed by atoms with Gasteiger partial charge in [0.2, 0.25) is 0 Å². The van der Waals surface area contributed by atoms with Crippen LogP contribution in [0.15, 0.2) is 24.4 Å². The molecule has 4 nitrogen and oxygen atoms in total. The lowest BCUT2D eigenvalue weighted by atomic mass is 10.1. The maximum absolute atomic E-state index is 12.4. The largest absolute Gasteiger partial charge is 0.339 e. The summed E-state index contributed by atoms with van der Waals surface area (Å²) in [5.74, 6) is 0.151. The Morgan fingerprint density at radius 1 is 1.22 bits per heavy atom. The lowest BCUT2D eigenvalue weighted by Gasteiger charge is -2.26. The summed E-state index contributed by atoms with van der Waals surface area (Å²) in [6.07, 6.45) is 5.31. The Balaban J connectivity index is 1.93. The van der Waals surface area contributed by atoms with Crippen molar-refractivity contribution in [2.75, 3.05) is 13.1 Å². The van der Waals surface area contributed by atoms with Crippen LogP contribution in [-0.2, 0) is 7.05 Å². The first kappa shape index (κ1) is 11.3. The highest BCUT2D eigenvalue weighted by Gasteiger charge is 2.18. The minimum Gasteiger partial charge on any atom is -0.339 e. The van der Waals surface area contributed by atoms with Crippen molar-refractivity contribution in [1.29, 1.82) is 0 Å². The van der Waals surface area contributed by atoms with E-state index in [1.54, 1.807) is 0 Å². The molecule has 1 aliphatic rings. The quantitative estimate of drug-likeness (QED) is 0.770. The van der Waals surface area contributed by atoms with Gasteiger partial charge in [-0.15, -0.1) is 0 Å². The van der Waals surface area contributed by atoms with E-state index in [-0.39, 0.29) is 5.91 Å². The van der Waals surface area contributed by atoms with E-state index in [1.165, 1.54) is 6.42 Å². The van der Waals surface area contributed by atoms with Crippen LogP contribution in [0.4, 0.5) is 0 Å². The predicted molar refractivity (Wildman–Crippen MR) is 70.5 cm³/mol. The Labute approximate surface area is 106 Å². The normalized spacial score (nSPS) is 16.2. The van der Waals surface area contributed by atoms with Gasteiger partial charge in [0.25, 0.3) is 5.91 Å². The summed E-state index contributed by atoms with van der Waals surface area (Å²) in [5.41, 5.74) is 1.78. The van der Waals surface area contributed by atoms with Gasteiger partial charge in [-0.05, 0) is 31.4 Å². The molecule has 1 amide bonds. The van der Waals surface area contributed by atoms with E-state index in [1.807, 2.05) is 41.0 Å². The van der Waals surface area contributed by atoms with Crippen LogP contribution in [-0.4, -0.2) is 33.7 Å². The van der Waals surface area contributed by atoms with Crippen molar-refractivity contribution in [3.63, 3.8) is 0 Å². The molecule has 0 radical (unpaired) electrons. The fourth-order valence-corrected chi connectivity index (χ4v) is 2.56. The van der Waals surface area contributed by atoms with Gasteiger partial charge in [-0.3, -0.25) is 9.48 Å².